The summed E-state index contributed by atoms with van der Waals surface area (Å²) in [7, 11) is 0. The smallest absolute Gasteiger partial charge is 0.313 e. The molecule has 4 nitrogen and oxygen atoms in total. The third-order valence-corrected chi connectivity index (χ3v) is 14.2. The third-order valence-electron chi connectivity index (χ3n) is 14.2. The molecule has 2 aliphatic heterocycles. The van der Waals surface area contributed by atoms with Crippen molar-refractivity contribution in [2.24, 2.45) is 50.2 Å². The van der Waals surface area contributed by atoms with Gasteiger partial charge in [0.1, 0.15) is 6.10 Å². The molecule has 1 N–H and O–H groups in total. The molecule has 7 fully saturated rings. The van der Waals surface area contributed by atoms with Crippen molar-refractivity contribution in [1.82, 2.24) is 0 Å². The van der Waals surface area contributed by atoms with Crippen LogP contribution >= 0.6 is 0 Å². The van der Waals surface area contributed by atoms with Crippen LogP contribution in [-0.4, -0.2) is 35.0 Å². The molecule has 2 saturated heterocycles. The van der Waals surface area contributed by atoms with E-state index in [1.54, 1.807) is 0 Å². The highest BCUT2D eigenvalue weighted by atomic mass is 16.6. The summed E-state index contributed by atoms with van der Waals surface area (Å²) in [5.74, 6) is 1.37. The van der Waals surface area contributed by atoms with E-state index in [2.05, 4.69) is 48.5 Å². The van der Waals surface area contributed by atoms with Crippen LogP contribution in [0.5, 0.6) is 0 Å². The Morgan fingerprint density at radius 2 is 1.56 bits per heavy atom. The topological polar surface area (TPSA) is 59.1 Å². The Labute approximate surface area is 205 Å². The van der Waals surface area contributed by atoms with Crippen LogP contribution in [0.1, 0.15) is 106 Å². The van der Waals surface area contributed by atoms with Gasteiger partial charge in [-0.15, -0.1) is 0 Å². The quantitative estimate of drug-likeness (QED) is 0.354. The average Bonchev–Trinajstić information content (AvgIpc) is 3.49. The maximum absolute atomic E-state index is 13.8. The molecule has 7 aliphatic rings. The Hall–Kier alpha value is -0.610. The summed E-state index contributed by atoms with van der Waals surface area (Å²) in [6, 6.07) is 0. The maximum Gasteiger partial charge on any atom is 0.313 e. The lowest BCUT2D eigenvalue weighted by atomic mass is 9.31. The fourth-order valence-electron chi connectivity index (χ4n) is 12.1. The molecule has 1 spiro atoms. The second-order valence-corrected chi connectivity index (χ2v) is 16.0. The van der Waals surface area contributed by atoms with Gasteiger partial charge in [-0.05, 0) is 91.3 Å². The number of carbonyl (C=O) groups is 1. The molecule has 2 heterocycles. The molecule has 34 heavy (non-hydrogen) atoms. The molecule has 4 heteroatoms. The first-order chi connectivity index (χ1) is 15.7. The zero-order valence-electron chi connectivity index (χ0n) is 22.5. The van der Waals surface area contributed by atoms with Gasteiger partial charge in [0.2, 0.25) is 0 Å². The Balaban J connectivity index is 1.38. The van der Waals surface area contributed by atoms with Crippen molar-refractivity contribution in [1.29, 1.82) is 0 Å². The van der Waals surface area contributed by atoms with E-state index in [-0.39, 0.29) is 62.7 Å². The van der Waals surface area contributed by atoms with E-state index in [0.29, 0.717) is 11.8 Å². The Kier molecular flexibility index (Phi) is 3.93. The second-order valence-electron chi connectivity index (χ2n) is 16.0. The highest BCUT2D eigenvalue weighted by molar-refractivity contribution is 5.82. The molecule has 0 aromatic rings. The zero-order chi connectivity index (χ0) is 24.3. The Morgan fingerprint density at radius 3 is 2.29 bits per heavy atom. The number of hydrogen-bond donors (Lipinski definition) is 1. The molecule has 3 unspecified atom stereocenters. The molecule has 0 amide bonds. The van der Waals surface area contributed by atoms with Crippen molar-refractivity contribution in [3.05, 3.63) is 0 Å². The van der Waals surface area contributed by atoms with E-state index in [1.807, 2.05) is 0 Å². The van der Waals surface area contributed by atoms with Gasteiger partial charge in [0, 0.05) is 11.3 Å². The summed E-state index contributed by atoms with van der Waals surface area (Å²) < 4.78 is 13.6. The van der Waals surface area contributed by atoms with Crippen LogP contribution in [-0.2, 0) is 14.3 Å². The molecule has 7 rings (SSSR count). The number of ether oxygens (including phenoxy) is 2. The summed E-state index contributed by atoms with van der Waals surface area (Å²) in [6.07, 6.45) is 9.60. The largest absolute Gasteiger partial charge is 0.455 e. The van der Waals surface area contributed by atoms with Crippen LogP contribution in [0.4, 0.5) is 0 Å². The van der Waals surface area contributed by atoms with Gasteiger partial charge in [0.05, 0.1) is 17.6 Å². The normalized spacial score (nSPS) is 62.3. The van der Waals surface area contributed by atoms with Gasteiger partial charge in [0.15, 0.2) is 5.60 Å². The van der Waals surface area contributed by atoms with E-state index in [1.165, 1.54) is 0 Å². The lowest BCUT2D eigenvalue weighted by molar-refractivity contribution is -0.274. The molecule has 11 atom stereocenters. The van der Waals surface area contributed by atoms with Crippen LogP contribution in [0.15, 0.2) is 0 Å². The Bertz CT molecular complexity index is 971. The van der Waals surface area contributed by atoms with E-state index in [9.17, 15) is 9.90 Å². The van der Waals surface area contributed by atoms with Gasteiger partial charge in [-0.1, -0.05) is 48.5 Å². The van der Waals surface area contributed by atoms with Gasteiger partial charge >= 0.3 is 5.97 Å². The van der Waals surface area contributed by atoms with Crippen molar-refractivity contribution >= 4 is 5.97 Å². The van der Waals surface area contributed by atoms with Crippen LogP contribution < -0.4 is 0 Å². The molecular formula is C30H46O4. The highest BCUT2D eigenvalue weighted by Gasteiger charge is 2.89. The van der Waals surface area contributed by atoms with Crippen LogP contribution in [0, 0.1) is 50.2 Å². The number of aliphatic hydroxyl groups is 1. The van der Waals surface area contributed by atoms with E-state index >= 15 is 0 Å². The number of rotatable bonds is 0. The lowest BCUT2D eigenvalue weighted by Crippen LogP contribution is -2.74. The van der Waals surface area contributed by atoms with Gasteiger partial charge in [-0.2, -0.15) is 0 Å². The predicted molar refractivity (Wildman–Crippen MR) is 130 cm³/mol. The summed E-state index contributed by atoms with van der Waals surface area (Å²) in [5, 5.41) is 11.0. The molecule has 0 aromatic carbocycles. The SMILES string of the molecule is CC1(C)CC[C@@]23CC[C@]4(C)[C@@](OC2=O)(C3C1)[C@H]1O[C@H]1C1[C@@]2(C)CC[C@H](O)C(C)(C)C2CC[C@]14C. The van der Waals surface area contributed by atoms with Crippen LogP contribution in [0.25, 0.3) is 0 Å². The first-order valence-electron chi connectivity index (χ1n) is 14.3. The molecule has 2 bridgehead atoms. The number of carbonyl (C=O) groups excluding carboxylic acids is 1. The van der Waals surface area contributed by atoms with Crippen molar-refractivity contribution in [2.75, 3.05) is 0 Å². The fourth-order valence-corrected chi connectivity index (χ4v) is 12.1. The standard InChI is InChI=1S/C30H46O4/c1-24(2)12-14-29-15-13-28(7)27(6)11-8-17-25(3,4)19(31)9-10-26(17,5)21(27)20-22(33-20)30(28,18(29)16-24)34-23(29)32/h17-22,31H,8-16H2,1-7H3/t17?,18?,19-,20-,21?,22-,26-,27+,28-,29-,30+/m0/s1. The van der Waals surface area contributed by atoms with Crippen molar-refractivity contribution in [3.63, 3.8) is 0 Å². The molecule has 190 valence electrons. The van der Waals surface area contributed by atoms with Crippen LogP contribution in [0.2, 0.25) is 0 Å². The first-order valence-corrected chi connectivity index (χ1v) is 14.3. The first kappa shape index (κ1) is 22.6. The van der Waals surface area contributed by atoms with Gasteiger partial charge in [0.25, 0.3) is 0 Å². The minimum atomic E-state index is -0.456. The summed E-state index contributed by atoms with van der Waals surface area (Å²) >= 11 is 0. The van der Waals surface area contributed by atoms with Crippen molar-refractivity contribution < 1.29 is 19.4 Å². The summed E-state index contributed by atoms with van der Waals surface area (Å²) in [4.78, 5) is 13.8. The summed E-state index contributed by atoms with van der Waals surface area (Å²) in [6.45, 7) is 17.0. The molecular weight excluding hydrogens is 424 g/mol. The van der Waals surface area contributed by atoms with E-state index < -0.39 is 5.60 Å². The second kappa shape index (κ2) is 5.93. The number of fused-ring (bicyclic) bond motifs is 6. The van der Waals surface area contributed by atoms with E-state index in [4.69, 9.17) is 9.47 Å². The zero-order valence-corrected chi connectivity index (χ0v) is 22.5. The van der Waals surface area contributed by atoms with Gasteiger partial charge in [-0.3, -0.25) is 4.79 Å². The predicted octanol–water partition coefficient (Wildman–Crippen LogP) is 5.90. The Morgan fingerprint density at radius 1 is 0.853 bits per heavy atom. The van der Waals surface area contributed by atoms with Crippen molar-refractivity contribution in [3.8, 4) is 0 Å². The molecule has 5 aliphatic carbocycles. The monoisotopic (exact) mass is 470 g/mol. The highest BCUT2D eigenvalue weighted by Crippen LogP contribution is 2.83. The third kappa shape index (κ3) is 2.10. The number of esters is 1. The minimum Gasteiger partial charge on any atom is -0.455 e. The van der Waals surface area contributed by atoms with E-state index in [0.717, 1.165) is 57.8 Å². The maximum atomic E-state index is 13.8. The van der Waals surface area contributed by atoms with Gasteiger partial charge in [-0.25, -0.2) is 0 Å². The van der Waals surface area contributed by atoms with Crippen LogP contribution in [0.3, 0.4) is 0 Å². The fraction of sp³-hybridized carbons (Fsp3) is 0.967. The minimum absolute atomic E-state index is 0.0612. The molecule has 0 radical (unpaired) electrons. The number of epoxide rings is 1. The van der Waals surface area contributed by atoms with Crippen molar-refractivity contribution in [2.45, 2.75) is 130 Å². The number of hydrogen-bond acceptors (Lipinski definition) is 4. The van der Waals surface area contributed by atoms with Gasteiger partial charge < -0.3 is 14.6 Å². The lowest BCUT2D eigenvalue weighted by Gasteiger charge is -2.72. The summed E-state index contributed by atoms with van der Waals surface area (Å²) in [5.41, 5.74) is -0.373. The molecule has 5 saturated carbocycles. The molecule has 0 aromatic heterocycles. The average molecular weight is 471 g/mol. The number of aliphatic hydroxyl groups excluding tert-OH is 1.